The van der Waals surface area contributed by atoms with Crippen molar-refractivity contribution in [3.05, 3.63) is 11.7 Å². The average Bonchev–Trinajstić information content (AvgIpc) is 2.89. The second-order valence-corrected chi connectivity index (χ2v) is 6.28. The van der Waals surface area contributed by atoms with Crippen molar-refractivity contribution in [1.82, 2.24) is 15.5 Å². The lowest BCUT2D eigenvalue weighted by atomic mass is 9.95. The van der Waals surface area contributed by atoms with Crippen LogP contribution in [0.15, 0.2) is 4.52 Å². The Balaban J connectivity index is 1.62. The Morgan fingerprint density at radius 3 is 2.74 bits per heavy atom. The van der Waals surface area contributed by atoms with Crippen molar-refractivity contribution in [1.29, 1.82) is 0 Å². The highest BCUT2D eigenvalue weighted by Crippen LogP contribution is 2.45. The highest BCUT2D eigenvalue weighted by atomic mass is 16.5. The number of rotatable bonds is 6. The largest absolute Gasteiger partial charge is 0.339 e. The first-order chi connectivity index (χ1) is 9.28. The van der Waals surface area contributed by atoms with Gasteiger partial charge in [-0.15, -0.1) is 0 Å². The van der Waals surface area contributed by atoms with Crippen LogP contribution in [-0.4, -0.2) is 22.7 Å². The first-order valence-electron chi connectivity index (χ1n) is 7.83. The van der Waals surface area contributed by atoms with E-state index in [0.717, 1.165) is 36.5 Å². The summed E-state index contributed by atoms with van der Waals surface area (Å²) < 4.78 is 5.45. The van der Waals surface area contributed by atoms with Crippen molar-refractivity contribution in [3.8, 4) is 0 Å². The van der Waals surface area contributed by atoms with Gasteiger partial charge in [-0.1, -0.05) is 31.8 Å². The molecule has 1 aromatic rings. The van der Waals surface area contributed by atoms with Gasteiger partial charge in [0.15, 0.2) is 5.82 Å². The van der Waals surface area contributed by atoms with Gasteiger partial charge in [0.2, 0.25) is 5.89 Å². The summed E-state index contributed by atoms with van der Waals surface area (Å²) in [5.74, 6) is 3.85. The van der Waals surface area contributed by atoms with Crippen LogP contribution >= 0.6 is 0 Å². The van der Waals surface area contributed by atoms with Crippen molar-refractivity contribution in [2.75, 3.05) is 6.54 Å². The molecule has 2 aliphatic rings. The van der Waals surface area contributed by atoms with E-state index in [4.69, 9.17) is 4.52 Å². The second-order valence-electron chi connectivity index (χ2n) is 6.28. The Labute approximate surface area is 115 Å². The molecular formula is C15H25N3O. The highest BCUT2D eigenvalue weighted by molar-refractivity contribution is 5.08. The molecule has 0 saturated heterocycles. The third-order valence-electron chi connectivity index (χ3n) is 4.75. The number of hydrogen-bond donors (Lipinski definition) is 1. The van der Waals surface area contributed by atoms with E-state index < -0.39 is 0 Å². The molecule has 1 N–H and O–H groups in total. The Kier molecular flexibility index (Phi) is 3.87. The van der Waals surface area contributed by atoms with Gasteiger partial charge in [-0.3, -0.25) is 0 Å². The number of hydrogen-bond acceptors (Lipinski definition) is 4. The second kappa shape index (κ2) is 5.61. The lowest BCUT2D eigenvalue weighted by molar-refractivity contribution is 0.309. The molecule has 2 aliphatic carbocycles. The SMILES string of the molecule is CCNC(Cc1nc(C2CC2C)no1)C1CCCC1. The van der Waals surface area contributed by atoms with E-state index in [9.17, 15) is 0 Å². The van der Waals surface area contributed by atoms with Crippen LogP contribution in [0.5, 0.6) is 0 Å². The molecule has 0 bridgehead atoms. The summed E-state index contributed by atoms with van der Waals surface area (Å²) in [6.45, 7) is 5.44. The Bertz CT molecular complexity index is 411. The minimum atomic E-state index is 0.512. The van der Waals surface area contributed by atoms with Crippen LogP contribution in [0.3, 0.4) is 0 Å². The molecule has 0 radical (unpaired) electrons. The summed E-state index contributed by atoms with van der Waals surface area (Å²) in [5.41, 5.74) is 0. The van der Waals surface area contributed by atoms with E-state index >= 15 is 0 Å². The van der Waals surface area contributed by atoms with E-state index in [-0.39, 0.29) is 0 Å². The quantitative estimate of drug-likeness (QED) is 0.857. The van der Waals surface area contributed by atoms with Gasteiger partial charge in [0, 0.05) is 18.4 Å². The number of nitrogens with one attached hydrogen (secondary N) is 1. The molecule has 0 amide bonds. The van der Waals surface area contributed by atoms with Crippen LogP contribution < -0.4 is 5.32 Å². The fraction of sp³-hybridized carbons (Fsp3) is 0.867. The van der Waals surface area contributed by atoms with Gasteiger partial charge >= 0.3 is 0 Å². The molecule has 3 unspecified atom stereocenters. The third-order valence-corrected chi connectivity index (χ3v) is 4.75. The van der Waals surface area contributed by atoms with Crippen molar-refractivity contribution < 1.29 is 4.52 Å². The molecule has 106 valence electrons. The summed E-state index contributed by atoms with van der Waals surface area (Å²) in [6.07, 6.45) is 7.56. The summed E-state index contributed by atoms with van der Waals surface area (Å²) in [6, 6.07) is 0.512. The molecule has 3 rings (SSSR count). The summed E-state index contributed by atoms with van der Waals surface area (Å²) in [7, 11) is 0. The van der Waals surface area contributed by atoms with Gasteiger partial charge in [-0.05, 0) is 37.6 Å². The van der Waals surface area contributed by atoms with Crippen LogP contribution in [0.1, 0.15) is 63.6 Å². The summed E-state index contributed by atoms with van der Waals surface area (Å²) in [4.78, 5) is 4.60. The normalized spacial score (nSPS) is 28.7. The fourth-order valence-electron chi connectivity index (χ4n) is 3.40. The Hall–Kier alpha value is -0.900. The minimum absolute atomic E-state index is 0.512. The highest BCUT2D eigenvalue weighted by Gasteiger charge is 2.38. The smallest absolute Gasteiger partial charge is 0.228 e. The zero-order valence-electron chi connectivity index (χ0n) is 12.1. The molecule has 0 spiro atoms. The van der Waals surface area contributed by atoms with Gasteiger partial charge in [0.1, 0.15) is 0 Å². The van der Waals surface area contributed by atoms with Crippen LogP contribution in [0.4, 0.5) is 0 Å². The molecule has 1 aromatic heterocycles. The van der Waals surface area contributed by atoms with Crippen molar-refractivity contribution >= 4 is 0 Å². The molecule has 0 aliphatic heterocycles. The fourth-order valence-corrected chi connectivity index (χ4v) is 3.40. The standard InChI is InChI=1S/C15H25N3O/c1-3-16-13(11-6-4-5-7-11)9-14-17-15(18-19-14)12-8-10(12)2/h10-13,16H,3-9H2,1-2H3. The van der Waals surface area contributed by atoms with Gasteiger partial charge < -0.3 is 9.84 Å². The maximum Gasteiger partial charge on any atom is 0.228 e. The molecule has 1 heterocycles. The molecule has 2 fully saturated rings. The van der Waals surface area contributed by atoms with Crippen LogP contribution in [0.2, 0.25) is 0 Å². The molecule has 2 saturated carbocycles. The van der Waals surface area contributed by atoms with Gasteiger partial charge in [0.05, 0.1) is 0 Å². The molecule has 0 aromatic carbocycles. The first kappa shape index (κ1) is 13.1. The average molecular weight is 263 g/mol. The predicted octanol–water partition coefficient (Wildman–Crippen LogP) is 2.90. The van der Waals surface area contributed by atoms with Crippen LogP contribution in [0.25, 0.3) is 0 Å². The maximum absolute atomic E-state index is 5.45. The van der Waals surface area contributed by atoms with E-state index in [0.29, 0.717) is 12.0 Å². The molecule has 3 atom stereocenters. The van der Waals surface area contributed by atoms with E-state index in [2.05, 4.69) is 29.3 Å². The van der Waals surface area contributed by atoms with E-state index in [1.165, 1.54) is 32.1 Å². The number of likely N-dealkylation sites (N-methyl/N-ethyl adjacent to an activating group) is 1. The molecule has 4 heteroatoms. The Morgan fingerprint density at radius 2 is 2.11 bits per heavy atom. The van der Waals surface area contributed by atoms with Crippen molar-refractivity contribution in [3.63, 3.8) is 0 Å². The van der Waals surface area contributed by atoms with Crippen molar-refractivity contribution in [2.24, 2.45) is 11.8 Å². The predicted molar refractivity (Wildman–Crippen MR) is 73.9 cm³/mol. The summed E-state index contributed by atoms with van der Waals surface area (Å²) in [5, 5.41) is 7.76. The molecule has 4 nitrogen and oxygen atoms in total. The van der Waals surface area contributed by atoms with Gasteiger partial charge in [-0.25, -0.2) is 0 Å². The van der Waals surface area contributed by atoms with Crippen LogP contribution in [0, 0.1) is 11.8 Å². The molecule has 19 heavy (non-hydrogen) atoms. The van der Waals surface area contributed by atoms with Crippen molar-refractivity contribution in [2.45, 2.75) is 64.3 Å². The zero-order valence-corrected chi connectivity index (χ0v) is 12.1. The Morgan fingerprint density at radius 1 is 1.37 bits per heavy atom. The first-order valence-corrected chi connectivity index (χ1v) is 7.83. The maximum atomic E-state index is 5.45. The molecular weight excluding hydrogens is 238 g/mol. The number of nitrogens with zero attached hydrogens (tertiary/aromatic N) is 2. The third kappa shape index (κ3) is 2.99. The van der Waals surface area contributed by atoms with Gasteiger partial charge in [0.25, 0.3) is 0 Å². The summed E-state index contributed by atoms with van der Waals surface area (Å²) >= 11 is 0. The lowest BCUT2D eigenvalue weighted by Gasteiger charge is -2.22. The topological polar surface area (TPSA) is 51.0 Å². The minimum Gasteiger partial charge on any atom is -0.339 e. The van der Waals surface area contributed by atoms with Crippen LogP contribution in [-0.2, 0) is 6.42 Å². The zero-order chi connectivity index (χ0) is 13.2. The lowest BCUT2D eigenvalue weighted by Crippen LogP contribution is -2.37. The van der Waals surface area contributed by atoms with E-state index in [1.807, 2.05) is 0 Å². The monoisotopic (exact) mass is 263 g/mol. The number of aromatic nitrogens is 2. The van der Waals surface area contributed by atoms with E-state index in [1.54, 1.807) is 0 Å². The van der Waals surface area contributed by atoms with Gasteiger partial charge in [-0.2, -0.15) is 4.98 Å².